The van der Waals surface area contributed by atoms with Crippen LogP contribution in [0.1, 0.15) is 25.3 Å². The lowest BCUT2D eigenvalue weighted by atomic mass is 9.93. The van der Waals surface area contributed by atoms with E-state index < -0.39 is 5.60 Å². The van der Waals surface area contributed by atoms with Gasteiger partial charge in [-0.25, -0.2) is 0 Å². The first-order chi connectivity index (χ1) is 7.99. The molecule has 0 amide bonds. The van der Waals surface area contributed by atoms with Gasteiger partial charge in [0.2, 0.25) is 0 Å². The minimum Gasteiger partial charge on any atom is -0.390 e. The fourth-order valence-corrected chi connectivity index (χ4v) is 2.36. The Morgan fingerprint density at radius 1 is 1.35 bits per heavy atom. The molecule has 0 radical (unpaired) electrons. The van der Waals surface area contributed by atoms with E-state index in [0.29, 0.717) is 4.99 Å². The molecular weight excluding hydrogens is 232 g/mol. The van der Waals surface area contributed by atoms with Gasteiger partial charge in [-0.1, -0.05) is 24.4 Å². The second kappa shape index (κ2) is 4.63. The molecule has 0 aliphatic carbocycles. The number of nitrogens with two attached hydrogens (primary N) is 1. The number of para-hydroxylation sites is 1. The number of piperidine rings is 1. The molecule has 1 aliphatic rings. The molecule has 1 aliphatic heterocycles. The largest absolute Gasteiger partial charge is 0.390 e. The van der Waals surface area contributed by atoms with Crippen molar-refractivity contribution in [1.29, 1.82) is 0 Å². The van der Waals surface area contributed by atoms with Crippen LogP contribution in [0.3, 0.4) is 0 Å². The van der Waals surface area contributed by atoms with Crippen molar-refractivity contribution in [2.75, 3.05) is 18.0 Å². The molecule has 4 heteroatoms. The van der Waals surface area contributed by atoms with E-state index in [1.54, 1.807) is 0 Å². The first kappa shape index (κ1) is 12.3. The summed E-state index contributed by atoms with van der Waals surface area (Å²) in [4.78, 5) is 2.67. The Balaban J connectivity index is 2.21. The molecule has 17 heavy (non-hydrogen) atoms. The topological polar surface area (TPSA) is 49.5 Å². The summed E-state index contributed by atoms with van der Waals surface area (Å²) in [7, 11) is 0. The maximum Gasteiger partial charge on any atom is 0.106 e. The zero-order valence-corrected chi connectivity index (χ0v) is 10.8. The molecule has 1 aromatic rings. The van der Waals surface area contributed by atoms with Gasteiger partial charge in [0, 0.05) is 24.3 Å². The molecule has 92 valence electrons. The predicted octanol–water partition coefficient (Wildman–Crippen LogP) is 1.67. The molecule has 0 spiro atoms. The van der Waals surface area contributed by atoms with E-state index >= 15 is 0 Å². The van der Waals surface area contributed by atoms with Crippen LogP contribution in [0.25, 0.3) is 0 Å². The van der Waals surface area contributed by atoms with Crippen LogP contribution in [0.2, 0.25) is 0 Å². The molecule has 3 nitrogen and oxygen atoms in total. The van der Waals surface area contributed by atoms with Gasteiger partial charge in [0.1, 0.15) is 4.99 Å². The summed E-state index contributed by atoms with van der Waals surface area (Å²) in [6, 6.07) is 7.92. The standard InChI is InChI=1S/C13H18N2OS/c1-13(16)6-8-15(9-7-13)11-5-3-2-4-10(11)12(14)17/h2-5,16H,6-9H2,1H3,(H2,14,17). The van der Waals surface area contributed by atoms with E-state index in [1.165, 1.54) is 0 Å². The zero-order valence-electron chi connectivity index (χ0n) is 10.0. The summed E-state index contributed by atoms with van der Waals surface area (Å²) in [5.41, 5.74) is 7.20. The Labute approximate surface area is 107 Å². The highest BCUT2D eigenvalue weighted by Gasteiger charge is 2.28. The highest BCUT2D eigenvalue weighted by molar-refractivity contribution is 7.80. The third-order valence-electron chi connectivity index (χ3n) is 3.35. The van der Waals surface area contributed by atoms with E-state index in [1.807, 2.05) is 31.2 Å². The van der Waals surface area contributed by atoms with E-state index in [-0.39, 0.29) is 0 Å². The van der Waals surface area contributed by atoms with Crippen molar-refractivity contribution in [1.82, 2.24) is 0 Å². The van der Waals surface area contributed by atoms with Crippen molar-refractivity contribution in [2.24, 2.45) is 5.73 Å². The molecule has 3 N–H and O–H groups in total. The Morgan fingerprint density at radius 3 is 2.53 bits per heavy atom. The molecule has 0 aromatic heterocycles. The molecule has 1 aromatic carbocycles. The average Bonchev–Trinajstić information content (AvgIpc) is 2.29. The zero-order chi connectivity index (χ0) is 12.5. The van der Waals surface area contributed by atoms with Crippen molar-refractivity contribution in [3.63, 3.8) is 0 Å². The fraction of sp³-hybridized carbons (Fsp3) is 0.462. The maximum atomic E-state index is 9.94. The van der Waals surface area contributed by atoms with Crippen LogP contribution in [0, 0.1) is 0 Å². The maximum absolute atomic E-state index is 9.94. The molecule has 0 unspecified atom stereocenters. The molecule has 0 atom stereocenters. The van der Waals surface area contributed by atoms with E-state index in [0.717, 1.165) is 37.2 Å². The van der Waals surface area contributed by atoms with Crippen LogP contribution in [0.5, 0.6) is 0 Å². The summed E-state index contributed by atoms with van der Waals surface area (Å²) in [6.45, 7) is 3.57. The third kappa shape index (κ3) is 2.76. The van der Waals surface area contributed by atoms with Crippen molar-refractivity contribution in [2.45, 2.75) is 25.4 Å². The Morgan fingerprint density at radius 2 is 1.94 bits per heavy atom. The van der Waals surface area contributed by atoms with Crippen molar-refractivity contribution >= 4 is 22.9 Å². The summed E-state index contributed by atoms with van der Waals surface area (Å²) < 4.78 is 0. The minimum absolute atomic E-state index is 0.429. The average molecular weight is 250 g/mol. The Bertz CT molecular complexity index is 421. The number of rotatable bonds is 2. The van der Waals surface area contributed by atoms with E-state index in [2.05, 4.69) is 4.90 Å². The predicted molar refractivity (Wildman–Crippen MR) is 74.4 cm³/mol. The Hall–Kier alpha value is -1.13. The number of hydrogen-bond acceptors (Lipinski definition) is 3. The molecule has 0 bridgehead atoms. The molecule has 1 fully saturated rings. The van der Waals surface area contributed by atoms with Gasteiger partial charge < -0.3 is 15.7 Å². The summed E-state index contributed by atoms with van der Waals surface area (Å²) in [5, 5.41) is 9.94. The number of aliphatic hydroxyl groups is 1. The summed E-state index contributed by atoms with van der Waals surface area (Å²) in [5.74, 6) is 0. The van der Waals surface area contributed by atoms with Crippen LogP contribution < -0.4 is 10.6 Å². The number of thiocarbonyl (C=S) groups is 1. The second-order valence-corrected chi connectivity index (χ2v) is 5.31. The SMILES string of the molecule is CC1(O)CCN(c2ccccc2C(N)=S)CC1. The van der Waals surface area contributed by atoms with Gasteiger partial charge in [0.15, 0.2) is 0 Å². The second-order valence-electron chi connectivity index (χ2n) is 4.87. The lowest BCUT2D eigenvalue weighted by Gasteiger charge is -2.37. The monoisotopic (exact) mass is 250 g/mol. The number of anilines is 1. The van der Waals surface area contributed by atoms with Crippen LogP contribution >= 0.6 is 12.2 Å². The highest BCUT2D eigenvalue weighted by Crippen LogP contribution is 2.28. The normalized spacial score (nSPS) is 19.1. The van der Waals surface area contributed by atoms with Crippen LogP contribution in [0.4, 0.5) is 5.69 Å². The van der Waals surface area contributed by atoms with Gasteiger partial charge in [-0.2, -0.15) is 0 Å². The lowest BCUT2D eigenvalue weighted by molar-refractivity contribution is 0.0351. The molecule has 1 saturated heterocycles. The van der Waals surface area contributed by atoms with E-state index in [9.17, 15) is 5.11 Å². The summed E-state index contributed by atoms with van der Waals surface area (Å²) in [6.07, 6.45) is 1.55. The van der Waals surface area contributed by atoms with Gasteiger partial charge in [-0.3, -0.25) is 0 Å². The molecule has 1 heterocycles. The van der Waals surface area contributed by atoms with E-state index in [4.69, 9.17) is 18.0 Å². The van der Waals surface area contributed by atoms with Gasteiger partial charge in [0.25, 0.3) is 0 Å². The fourth-order valence-electron chi connectivity index (χ4n) is 2.19. The smallest absolute Gasteiger partial charge is 0.106 e. The number of hydrogen-bond donors (Lipinski definition) is 2. The van der Waals surface area contributed by atoms with Gasteiger partial charge in [0.05, 0.1) is 5.60 Å². The highest BCUT2D eigenvalue weighted by atomic mass is 32.1. The third-order valence-corrected chi connectivity index (χ3v) is 3.57. The quantitative estimate of drug-likeness (QED) is 0.784. The molecular formula is C13H18N2OS. The van der Waals surface area contributed by atoms with Crippen molar-refractivity contribution in [3.05, 3.63) is 29.8 Å². The van der Waals surface area contributed by atoms with Gasteiger partial charge in [-0.05, 0) is 31.9 Å². The lowest BCUT2D eigenvalue weighted by Crippen LogP contribution is -2.43. The molecule has 2 rings (SSSR count). The van der Waals surface area contributed by atoms with Gasteiger partial charge >= 0.3 is 0 Å². The first-order valence-corrected chi connectivity index (χ1v) is 6.27. The van der Waals surface area contributed by atoms with Crippen molar-refractivity contribution in [3.8, 4) is 0 Å². The van der Waals surface area contributed by atoms with Crippen LogP contribution in [-0.4, -0.2) is 28.8 Å². The van der Waals surface area contributed by atoms with Crippen LogP contribution in [-0.2, 0) is 0 Å². The Kier molecular flexibility index (Phi) is 3.35. The first-order valence-electron chi connectivity index (χ1n) is 5.86. The number of nitrogens with zero attached hydrogens (tertiary/aromatic N) is 1. The number of benzene rings is 1. The minimum atomic E-state index is -0.533. The van der Waals surface area contributed by atoms with Gasteiger partial charge in [-0.15, -0.1) is 0 Å². The summed E-state index contributed by atoms with van der Waals surface area (Å²) >= 11 is 5.07. The molecule has 0 saturated carbocycles. The van der Waals surface area contributed by atoms with Crippen LogP contribution in [0.15, 0.2) is 24.3 Å². The van der Waals surface area contributed by atoms with Crippen molar-refractivity contribution < 1.29 is 5.11 Å².